The first kappa shape index (κ1) is 16.7. The predicted molar refractivity (Wildman–Crippen MR) is 87.2 cm³/mol. The Balaban J connectivity index is 1.70. The summed E-state index contributed by atoms with van der Waals surface area (Å²) in [5.74, 6) is 0. The molecule has 2 rings (SSSR count). The van der Waals surface area contributed by atoms with E-state index in [1.165, 1.54) is 58.3 Å². The predicted octanol–water partition coefficient (Wildman–Crippen LogP) is 2.22. The van der Waals surface area contributed by atoms with Crippen LogP contribution >= 0.6 is 0 Å². The molecule has 1 N–H and O–H groups in total. The SMILES string of the molecule is CCNC(C)(C#N)CCN1CCC(N2CCCCC2)CC1. The van der Waals surface area contributed by atoms with E-state index >= 15 is 0 Å². The molecule has 0 aromatic rings. The van der Waals surface area contributed by atoms with Crippen molar-refractivity contribution in [1.29, 1.82) is 5.26 Å². The number of hydrogen-bond donors (Lipinski definition) is 1. The van der Waals surface area contributed by atoms with Crippen molar-refractivity contribution >= 4 is 0 Å². The summed E-state index contributed by atoms with van der Waals surface area (Å²) in [4.78, 5) is 5.27. The molecule has 0 bridgehead atoms. The molecule has 120 valence electrons. The first-order valence-corrected chi connectivity index (χ1v) is 8.79. The summed E-state index contributed by atoms with van der Waals surface area (Å²) >= 11 is 0. The van der Waals surface area contributed by atoms with Crippen molar-refractivity contribution in [2.75, 3.05) is 39.3 Å². The topological polar surface area (TPSA) is 42.3 Å². The molecule has 1 unspecified atom stereocenters. The molecule has 4 nitrogen and oxygen atoms in total. The first-order valence-electron chi connectivity index (χ1n) is 8.79. The molecule has 4 heteroatoms. The molecule has 0 spiro atoms. The van der Waals surface area contributed by atoms with Gasteiger partial charge in [-0.25, -0.2) is 0 Å². The minimum atomic E-state index is -0.363. The van der Waals surface area contributed by atoms with Crippen LogP contribution in [0.1, 0.15) is 52.4 Å². The maximum Gasteiger partial charge on any atom is 0.105 e. The van der Waals surface area contributed by atoms with Gasteiger partial charge in [0, 0.05) is 12.6 Å². The van der Waals surface area contributed by atoms with E-state index in [1.807, 2.05) is 6.92 Å². The van der Waals surface area contributed by atoms with Crippen molar-refractivity contribution in [2.45, 2.75) is 64.0 Å². The van der Waals surface area contributed by atoms with Crippen molar-refractivity contribution in [2.24, 2.45) is 0 Å². The molecule has 2 heterocycles. The zero-order valence-electron chi connectivity index (χ0n) is 13.9. The van der Waals surface area contributed by atoms with Gasteiger partial charge in [-0.05, 0) is 71.8 Å². The van der Waals surface area contributed by atoms with Crippen molar-refractivity contribution in [3.05, 3.63) is 0 Å². The Bertz CT molecular complexity index is 337. The number of nitriles is 1. The molecule has 1 atom stereocenters. The van der Waals surface area contributed by atoms with Gasteiger partial charge in [-0.3, -0.25) is 5.32 Å². The number of hydrogen-bond acceptors (Lipinski definition) is 4. The fourth-order valence-corrected chi connectivity index (χ4v) is 3.75. The molecule has 2 fully saturated rings. The van der Waals surface area contributed by atoms with Gasteiger partial charge in [0.2, 0.25) is 0 Å². The zero-order valence-corrected chi connectivity index (χ0v) is 13.9. The van der Waals surface area contributed by atoms with E-state index in [0.717, 1.165) is 25.6 Å². The lowest BCUT2D eigenvalue weighted by Crippen LogP contribution is -2.48. The Hall–Kier alpha value is -0.630. The zero-order chi connectivity index (χ0) is 15.1. The molecule has 0 saturated carbocycles. The van der Waals surface area contributed by atoms with Crippen LogP contribution in [-0.4, -0.2) is 60.6 Å². The average Bonchev–Trinajstić information content (AvgIpc) is 2.55. The summed E-state index contributed by atoms with van der Waals surface area (Å²) in [6, 6.07) is 3.25. The number of piperidine rings is 2. The molecular weight excluding hydrogens is 260 g/mol. The second kappa shape index (κ2) is 8.12. The van der Waals surface area contributed by atoms with Gasteiger partial charge in [-0.1, -0.05) is 13.3 Å². The molecule has 2 aliphatic rings. The van der Waals surface area contributed by atoms with E-state index in [0.29, 0.717) is 0 Å². The van der Waals surface area contributed by atoms with E-state index in [2.05, 4.69) is 28.1 Å². The molecule has 0 amide bonds. The highest BCUT2D eigenvalue weighted by Crippen LogP contribution is 2.21. The van der Waals surface area contributed by atoms with Crippen molar-refractivity contribution in [1.82, 2.24) is 15.1 Å². The number of nitrogens with one attached hydrogen (secondary N) is 1. The second-order valence-corrected chi connectivity index (χ2v) is 6.89. The van der Waals surface area contributed by atoms with Gasteiger partial charge < -0.3 is 9.80 Å². The van der Waals surface area contributed by atoms with Gasteiger partial charge in [-0.15, -0.1) is 0 Å². The van der Waals surface area contributed by atoms with Crippen LogP contribution in [0.3, 0.4) is 0 Å². The van der Waals surface area contributed by atoms with Gasteiger partial charge in [0.05, 0.1) is 6.07 Å². The molecule has 0 radical (unpaired) electrons. The minimum Gasteiger partial charge on any atom is -0.303 e. The van der Waals surface area contributed by atoms with Crippen molar-refractivity contribution in [3.63, 3.8) is 0 Å². The maximum atomic E-state index is 9.32. The third-order valence-corrected chi connectivity index (χ3v) is 5.21. The third kappa shape index (κ3) is 4.95. The second-order valence-electron chi connectivity index (χ2n) is 6.89. The van der Waals surface area contributed by atoms with Crippen LogP contribution in [0.15, 0.2) is 0 Å². The van der Waals surface area contributed by atoms with Crippen LogP contribution in [0.4, 0.5) is 0 Å². The third-order valence-electron chi connectivity index (χ3n) is 5.21. The fraction of sp³-hybridized carbons (Fsp3) is 0.941. The summed E-state index contributed by atoms with van der Waals surface area (Å²) in [5, 5.41) is 12.6. The van der Waals surface area contributed by atoms with Crippen LogP contribution in [0.5, 0.6) is 0 Å². The number of rotatable bonds is 6. The summed E-state index contributed by atoms with van der Waals surface area (Å²) < 4.78 is 0. The lowest BCUT2D eigenvalue weighted by molar-refractivity contribution is 0.0897. The van der Waals surface area contributed by atoms with E-state index in [9.17, 15) is 5.26 Å². The summed E-state index contributed by atoms with van der Waals surface area (Å²) in [6.45, 7) is 11.0. The fourth-order valence-electron chi connectivity index (χ4n) is 3.75. The van der Waals surface area contributed by atoms with Gasteiger partial charge in [0.25, 0.3) is 0 Å². The van der Waals surface area contributed by atoms with Crippen molar-refractivity contribution < 1.29 is 0 Å². The van der Waals surface area contributed by atoms with Crippen LogP contribution in [0.25, 0.3) is 0 Å². The Morgan fingerprint density at radius 2 is 1.81 bits per heavy atom. The molecule has 2 saturated heterocycles. The highest BCUT2D eigenvalue weighted by atomic mass is 15.2. The molecule has 0 aliphatic carbocycles. The number of nitrogens with zero attached hydrogens (tertiary/aromatic N) is 3. The summed E-state index contributed by atoms with van der Waals surface area (Å²) in [6.07, 6.45) is 7.75. The van der Waals surface area contributed by atoms with E-state index in [-0.39, 0.29) is 5.54 Å². The Kier molecular flexibility index (Phi) is 6.47. The first-order chi connectivity index (χ1) is 10.2. The standard InChI is InChI=1S/C17H32N4/c1-3-19-17(2,15-18)9-14-20-12-7-16(8-13-20)21-10-5-4-6-11-21/h16,19H,3-14H2,1-2H3. The van der Waals surface area contributed by atoms with Crippen molar-refractivity contribution in [3.8, 4) is 6.07 Å². The van der Waals surface area contributed by atoms with Gasteiger partial charge in [0.1, 0.15) is 5.54 Å². The van der Waals surface area contributed by atoms with Gasteiger partial charge >= 0.3 is 0 Å². The smallest absolute Gasteiger partial charge is 0.105 e. The normalized spacial score (nSPS) is 25.4. The van der Waals surface area contributed by atoms with Crippen LogP contribution in [0, 0.1) is 11.3 Å². The maximum absolute atomic E-state index is 9.32. The van der Waals surface area contributed by atoms with E-state index in [1.54, 1.807) is 0 Å². The molecule has 0 aromatic carbocycles. The minimum absolute atomic E-state index is 0.363. The molecule has 2 aliphatic heterocycles. The molecular formula is C17H32N4. The van der Waals surface area contributed by atoms with Crippen LogP contribution < -0.4 is 5.32 Å². The monoisotopic (exact) mass is 292 g/mol. The Morgan fingerprint density at radius 1 is 1.14 bits per heavy atom. The van der Waals surface area contributed by atoms with Gasteiger partial charge in [-0.2, -0.15) is 5.26 Å². The quantitative estimate of drug-likeness (QED) is 0.815. The average molecular weight is 292 g/mol. The molecule has 21 heavy (non-hydrogen) atoms. The number of likely N-dealkylation sites (tertiary alicyclic amines) is 2. The summed E-state index contributed by atoms with van der Waals surface area (Å²) in [7, 11) is 0. The largest absolute Gasteiger partial charge is 0.303 e. The Morgan fingerprint density at radius 3 is 2.38 bits per heavy atom. The van der Waals surface area contributed by atoms with E-state index < -0.39 is 0 Å². The van der Waals surface area contributed by atoms with Crippen LogP contribution in [-0.2, 0) is 0 Å². The highest BCUT2D eigenvalue weighted by Gasteiger charge is 2.27. The molecule has 0 aromatic heterocycles. The highest BCUT2D eigenvalue weighted by molar-refractivity contribution is 5.03. The Labute approximate surface area is 130 Å². The lowest BCUT2D eigenvalue weighted by atomic mass is 9.97. The summed E-state index contributed by atoms with van der Waals surface area (Å²) in [5.41, 5.74) is -0.363. The van der Waals surface area contributed by atoms with Crippen LogP contribution in [0.2, 0.25) is 0 Å². The van der Waals surface area contributed by atoms with Gasteiger partial charge in [0.15, 0.2) is 0 Å². The lowest BCUT2D eigenvalue weighted by Gasteiger charge is -2.40. The van der Waals surface area contributed by atoms with E-state index in [4.69, 9.17) is 0 Å².